The maximum absolute atomic E-state index is 12.5. The summed E-state index contributed by atoms with van der Waals surface area (Å²) in [6.45, 7) is 3.48. The van der Waals surface area contributed by atoms with Crippen molar-refractivity contribution in [2.75, 3.05) is 19.6 Å². The smallest absolute Gasteiger partial charge is 0.358 e. The highest BCUT2D eigenvalue weighted by Crippen LogP contribution is 2.21. The van der Waals surface area contributed by atoms with E-state index in [-0.39, 0.29) is 5.78 Å². The fraction of sp³-hybridized carbons (Fsp3) is 0.353. The van der Waals surface area contributed by atoms with Crippen molar-refractivity contribution in [1.82, 2.24) is 18.9 Å². The average molecular weight is 342 g/mol. The summed E-state index contributed by atoms with van der Waals surface area (Å²) >= 11 is 0. The zero-order valence-electron chi connectivity index (χ0n) is 13.6. The first-order valence-corrected chi connectivity index (χ1v) is 8.26. The molecule has 4 rings (SSSR count). The van der Waals surface area contributed by atoms with Crippen LogP contribution in [0.1, 0.15) is 23.3 Å². The van der Waals surface area contributed by atoms with E-state index in [4.69, 9.17) is 0 Å². The summed E-state index contributed by atoms with van der Waals surface area (Å²) in [6.07, 6.45) is 2.36. The predicted octanol–water partition coefficient (Wildman–Crippen LogP) is 1.15. The van der Waals surface area contributed by atoms with Gasteiger partial charge in [0, 0.05) is 13.1 Å². The van der Waals surface area contributed by atoms with Crippen molar-refractivity contribution in [3.8, 4) is 5.75 Å². The molecule has 1 saturated heterocycles. The molecule has 0 radical (unpaired) electrons. The molecule has 0 bridgehead atoms. The number of carbonyl (C=O) groups is 1. The SMILES string of the molecule is O=C(O)c1nc2n(CCN3CCCC3)c3ccccc3n2c(=O)c1O. The number of hydrogen-bond acceptors (Lipinski definition) is 5. The molecule has 3 aromatic rings. The van der Waals surface area contributed by atoms with Gasteiger partial charge in [0.1, 0.15) is 0 Å². The lowest BCUT2D eigenvalue weighted by atomic mass is 10.3. The molecule has 0 spiro atoms. The van der Waals surface area contributed by atoms with Crippen molar-refractivity contribution < 1.29 is 15.0 Å². The van der Waals surface area contributed by atoms with Crippen LogP contribution in [0.3, 0.4) is 0 Å². The fourth-order valence-corrected chi connectivity index (χ4v) is 3.51. The Balaban J connectivity index is 1.94. The molecule has 130 valence electrons. The number of likely N-dealkylation sites (tertiary alicyclic amines) is 1. The number of aromatic carboxylic acids is 1. The number of hydrogen-bond donors (Lipinski definition) is 2. The number of aromatic nitrogens is 3. The summed E-state index contributed by atoms with van der Waals surface area (Å²) in [7, 11) is 0. The van der Waals surface area contributed by atoms with Crippen LogP contribution in [0.4, 0.5) is 0 Å². The molecule has 8 heteroatoms. The van der Waals surface area contributed by atoms with Crippen molar-refractivity contribution >= 4 is 22.8 Å². The zero-order valence-corrected chi connectivity index (χ0v) is 13.6. The van der Waals surface area contributed by atoms with Gasteiger partial charge in [-0.3, -0.25) is 4.79 Å². The van der Waals surface area contributed by atoms with Crippen LogP contribution in [0.5, 0.6) is 5.75 Å². The van der Waals surface area contributed by atoms with E-state index in [1.54, 1.807) is 12.1 Å². The lowest BCUT2D eigenvalue weighted by Crippen LogP contribution is -2.25. The quantitative estimate of drug-likeness (QED) is 0.738. The van der Waals surface area contributed by atoms with Gasteiger partial charge in [0.15, 0.2) is 5.69 Å². The number of carboxylic acid groups (broad SMARTS) is 1. The predicted molar refractivity (Wildman–Crippen MR) is 91.3 cm³/mol. The molecule has 8 nitrogen and oxygen atoms in total. The Bertz CT molecular complexity index is 1030. The van der Waals surface area contributed by atoms with E-state index < -0.39 is 23.0 Å². The summed E-state index contributed by atoms with van der Waals surface area (Å²) < 4.78 is 3.13. The molecule has 2 aromatic heterocycles. The lowest BCUT2D eigenvalue weighted by molar-refractivity contribution is 0.0686. The van der Waals surface area contributed by atoms with Crippen LogP contribution < -0.4 is 5.56 Å². The molecule has 1 aliphatic heterocycles. The Hall–Kier alpha value is -2.87. The van der Waals surface area contributed by atoms with Crippen molar-refractivity contribution in [1.29, 1.82) is 0 Å². The number of carboxylic acids is 1. The first kappa shape index (κ1) is 15.6. The van der Waals surface area contributed by atoms with E-state index in [1.165, 1.54) is 17.2 Å². The third kappa shape index (κ3) is 2.45. The van der Waals surface area contributed by atoms with E-state index in [1.807, 2.05) is 16.7 Å². The number of rotatable bonds is 4. The van der Waals surface area contributed by atoms with Gasteiger partial charge < -0.3 is 19.7 Å². The van der Waals surface area contributed by atoms with Gasteiger partial charge in [0.2, 0.25) is 11.5 Å². The summed E-state index contributed by atoms with van der Waals surface area (Å²) in [5, 5.41) is 19.2. The maximum Gasteiger partial charge on any atom is 0.358 e. The molecule has 25 heavy (non-hydrogen) atoms. The Morgan fingerprint density at radius 3 is 2.48 bits per heavy atom. The average Bonchev–Trinajstić information content (AvgIpc) is 3.21. The Labute approximate surface area is 142 Å². The van der Waals surface area contributed by atoms with Crippen molar-refractivity contribution in [3.63, 3.8) is 0 Å². The van der Waals surface area contributed by atoms with E-state index in [2.05, 4.69) is 9.88 Å². The molecule has 0 atom stereocenters. The number of para-hydroxylation sites is 2. The number of benzene rings is 1. The number of fused-ring (bicyclic) bond motifs is 3. The second kappa shape index (κ2) is 5.89. The monoisotopic (exact) mass is 342 g/mol. The summed E-state index contributed by atoms with van der Waals surface area (Å²) in [5.41, 5.74) is 0.00523. The molecular formula is C17H18N4O4. The van der Waals surface area contributed by atoms with E-state index >= 15 is 0 Å². The maximum atomic E-state index is 12.5. The van der Waals surface area contributed by atoms with Crippen molar-refractivity contribution in [2.45, 2.75) is 19.4 Å². The van der Waals surface area contributed by atoms with Crippen LogP contribution >= 0.6 is 0 Å². The molecule has 1 aromatic carbocycles. The van der Waals surface area contributed by atoms with Gasteiger partial charge in [-0.1, -0.05) is 12.1 Å². The summed E-state index contributed by atoms with van der Waals surface area (Å²) in [6, 6.07) is 7.28. The molecule has 3 heterocycles. The van der Waals surface area contributed by atoms with Crippen molar-refractivity contribution in [2.24, 2.45) is 0 Å². The second-order valence-corrected chi connectivity index (χ2v) is 6.24. The normalized spacial score (nSPS) is 15.4. The van der Waals surface area contributed by atoms with Crippen LogP contribution in [-0.4, -0.2) is 54.7 Å². The number of imidazole rings is 1. The Kier molecular flexibility index (Phi) is 3.69. The van der Waals surface area contributed by atoms with Crippen LogP contribution in [-0.2, 0) is 6.54 Å². The minimum Gasteiger partial charge on any atom is -0.501 e. The molecular weight excluding hydrogens is 324 g/mol. The molecule has 1 fully saturated rings. The molecule has 2 N–H and O–H groups in total. The van der Waals surface area contributed by atoms with Gasteiger partial charge >= 0.3 is 11.5 Å². The summed E-state index contributed by atoms with van der Waals surface area (Å²) in [4.78, 5) is 30.3. The first-order valence-electron chi connectivity index (χ1n) is 8.26. The third-order valence-corrected chi connectivity index (χ3v) is 4.74. The first-order chi connectivity index (χ1) is 12.1. The largest absolute Gasteiger partial charge is 0.501 e. The molecule has 0 amide bonds. The van der Waals surface area contributed by atoms with E-state index in [0.29, 0.717) is 12.1 Å². The highest BCUT2D eigenvalue weighted by Gasteiger charge is 2.22. The van der Waals surface area contributed by atoms with E-state index in [9.17, 15) is 19.8 Å². The zero-order chi connectivity index (χ0) is 17.6. The third-order valence-electron chi connectivity index (χ3n) is 4.74. The fourth-order valence-electron chi connectivity index (χ4n) is 3.51. The van der Waals surface area contributed by atoms with Crippen LogP contribution in [0, 0.1) is 0 Å². The second-order valence-electron chi connectivity index (χ2n) is 6.24. The standard InChI is InChI=1S/C17H18N4O4/c22-14-13(16(24)25)18-17-20(10-9-19-7-3-4-8-19)11-5-1-2-6-12(11)21(17)15(14)23/h1-2,5-6,22H,3-4,7-10H2,(H,24,25). The van der Waals surface area contributed by atoms with Crippen LogP contribution in [0.25, 0.3) is 16.8 Å². The number of nitrogens with zero attached hydrogens (tertiary/aromatic N) is 4. The van der Waals surface area contributed by atoms with Gasteiger partial charge in [-0.2, -0.15) is 0 Å². The highest BCUT2D eigenvalue weighted by molar-refractivity contribution is 5.90. The van der Waals surface area contributed by atoms with E-state index in [0.717, 1.165) is 25.2 Å². The highest BCUT2D eigenvalue weighted by atomic mass is 16.4. The minimum atomic E-state index is -1.42. The summed E-state index contributed by atoms with van der Waals surface area (Å²) in [5.74, 6) is -2.03. The molecule has 0 aliphatic carbocycles. The molecule has 1 aliphatic rings. The van der Waals surface area contributed by atoms with Crippen molar-refractivity contribution in [3.05, 3.63) is 40.3 Å². The molecule has 0 unspecified atom stereocenters. The van der Waals surface area contributed by atoms with Gasteiger partial charge in [0.05, 0.1) is 11.0 Å². The Morgan fingerprint density at radius 2 is 1.80 bits per heavy atom. The van der Waals surface area contributed by atoms with Crippen LogP contribution in [0.15, 0.2) is 29.1 Å². The Morgan fingerprint density at radius 1 is 1.12 bits per heavy atom. The minimum absolute atomic E-state index is 0.237. The number of aromatic hydroxyl groups is 1. The van der Waals surface area contributed by atoms with Crippen LogP contribution in [0.2, 0.25) is 0 Å². The van der Waals surface area contributed by atoms with Gasteiger partial charge in [-0.25, -0.2) is 14.2 Å². The lowest BCUT2D eigenvalue weighted by Gasteiger charge is -2.15. The van der Waals surface area contributed by atoms with Gasteiger partial charge in [-0.15, -0.1) is 0 Å². The molecule has 0 saturated carbocycles. The topological polar surface area (TPSA) is 100 Å². The van der Waals surface area contributed by atoms with Gasteiger partial charge in [0.25, 0.3) is 0 Å². The van der Waals surface area contributed by atoms with Gasteiger partial charge in [-0.05, 0) is 38.1 Å².